The van der Waals surface area contributed by atoms with Gasteiger partial charge in [0.05, 0.1) is 6.61 Å². The molecule has 7 nitrogen and oxygen atoms in total. The molecule has 0 spiro atoms. The first-order valence-electron chi connectivity index (χ1n) is 6.83. The molecule has 0 fully saturated rings. The normalized spacial score (nSPS) is 11.3. The Morgan fingerprint density at radius 1 is 1.46 bits per heavy atom. The standard InChI is InChI=1S/C14H15ClN4O3S2/c1-4-22-11-6-5-9(7-12(11)24(20,21)19(2)3)17-14-10(8-16)13(15)18-23-14/h5-7,17H,4H2,1-3H3. The third kappa shape index (κ3) is 3.62. The lowest BCUT2D eigenvalue weighted by atomic mass is 10.3. The molecule has 1 heterocycles. The highest BCUT2D eigenvalue weighted by Crippen LogP contribution is 2.34. The van der Waals surface area contributed by atoms with Crippen LogP contribution in [0.2, 0.25) is 5.15 Å². The van der Waals surface area contributed by atoms with E-state index in [2.05, 4.69) is 9.69 Å². The summed E-state index contributed by atoms with van der Waals surface area (Å²) >= 11 is 6.86. The molecule has 24 heavy (non-hydrogen) atoms. The number of nitriles is 1. The van der Waals surface area contributed by atoms with Gasteiger partial charge >= 0.3 is 0 Å². The molecular weight excluding hydrogens is 372 g/mol. The molecule has 0 bridgehead atoms. The Morgan fingerprint density at radius 3 is 2.75 bits per heavy atom. The highest BCUT2D eigenvalue weighted by atomic mass is 35.5. The number of ether oxygens (including phenoxy) is 1. The average molecular weight is 387 g/mol. The SMILES string of the molecule is CCOc1ccc(Nc2snc(Cl)c2C#N)cc1S(=O)(=O)N(C)C. The van der Waals surface area contributed by atoms with Crippen LogP contribution in [0.1, 0.15) is 12.5 Å². The van der Waals surface area contributed by atoms with Gasteiger partial charge in [-0.15, -0.1) is 0 Å². The fraction of sp³-hybridized carbons (Fsp3) is 0.286. The van der Waals surface area contributed by atoms with Gasteiger partial charge in [0.25, 0.3) is 0 Å². The van der Waals surface area contributed by atoms with Crippen LogP contribution in [-0.2, 0) is 10.0 Å². The molecule has 0 aliphatic heterocycles. The number of halogens is 1. The molecule has 2 aromatic rings. The first kappa shape index (κ1) is 18.5. The summed E-state index contributed by atoms with van der Waals surface area (Å²) in [6, 6.07) is 6.64. The molecule has 0 aliphatic carbocycles. The fourth-order valence-electron chi connectivity index (χ4n) is 1.84. The lowest BCUT2D eigenvalue weighted by Crippen LogP contribution is -2.23. The van der Waals surface area contributed by atoms with Crippen molar-refractivity contribution in [2.45, 2.75) is 11.8 Å². The summed E-state index contributed by atoms with van der Waals surface area (Å²) in [5, 5.41) is 12.6. The van der Waals surface area contributed by atoms with E-state index in [0.29, 0.717) is 17.3 Å². The lowest BCUT2D eigenvalue weighted by Gasteiger charge is -2.16. The number of sulfonamides is 1. The molecule has 0 atom stereocenters. The van der Waals surface area contributed by atoms with Crippen LogP contribution in [0.25, 0.3) is 0 Å². The largest absolute Gasteiger partial charge is 0.492 e. The van der Waals surface area contributed by atoms with Crippen molar-refractivity contribution >= 4 is 43.8 Å². The topological polar surface area (TPSA) is 95.3 Å². The maximum absolute atomic E-state index is 12.5. The molecule has 1 aromatic carbocycles. The van der Waals surface area contributed by atoms with E-state index in [9.17, 15) is 8.42 Å². The summed E-state index contributed by atoms with van der Waals surface area (Å²) in [4.78, 5) is 0.0356. The number of nitrogens with one attached hydrogen (secondary N) is 1. The van der Waals surface area contributed by atoms with Gasteiger partial charge in [-0.25, -0.2) is 12.7 Å². The van der Waals surface area contributed by atoms with Crippen molar-refractivity contribution in [3.8, 4) is 11.8 Å². The van der Waals surface area contributed by atoms with E-state index in [-0.39, 0.29) is 21.4 Å². The van der Waals surface area contributed by atoms with Crippen LogP contribution in [0.5, 0.6) is 5.75 Å². The first-order chi connectivity index (χ1) is 11.3. The monoisotopic (exact) mass is 386 g/mol. The number of benzene rings is 1. The minimum Gasteiger partial charge on any atom is -0.492 e. The zero-order chi connectivity index (χ0) is 17.9. The van der Waals surface area contributed by atoms with E-state index < -0.39 is 10.0 Å². The van der Waals surface area contributed by atoms with Crippen LogP contribution in [-0.4, -0.2) is 37.8 Å². The Hall–Kier alpha value is -1.86. The number of hydrogen-bond donors (Lipinski definition) is 1. The van der Waals surface area contributed by atoms with Gasteiger partial charge in [-0.2, -0.15) is 9.64 Å². The van der Waals surface area contributed by atoms with Crippen LogP contribution in [0.4, 0.5) is 10.7 Å². The van der Waals surface area contributed by atoms with Crippen molar-refractivity contribution in [3.05, 3.63) is 28.9 Å². The van der Waals surface area contributed by atoms with Gasteiger partial charge in [0, 0.05) is 19.8 Å². The molecule has 0 radical (unpaired) electrons. The third-order valence-corrected chi connectivity index (χ3v) is 5.99. The zero-order valence-corrected chi connectivity index (χ0v) is 15.6. The number of anilines is 2. The summed E-state index contributed by atoms with van der Waals surface area (Å²) in [6.07, 6.45) is 0. The summed E-state index contributed by atoms with van der Waals surface area (Å²) in [7, 11) is -0.797. The molecule has 2 rings (SSSR count). The smallest absolute Gasteiger partial charge is 0.246 e. The van der Waals surface area contributed by atoms with E-state index in [1.54, 1.807) is 19.1 Å². The molecule has 1 N–H and O–H groups in total. The van der Waals surface area contributed by atoms with Crippen LogP contribution < -0.4 is 10.1 Å². The summed E-state index contributed by atoms with van der Waals surface area (Å²) in [5.74, 6) is 0.264. The molecule has 0 aliphatic rings. The third-order valence-electron chi connectivity index (χ3n) is 3.02. The molecule has 0 saturated carbocycles. The number of rotatable bonds is 6. The van der Waals surface area contributed by atoms with E-state index in [4.69, 9.17) is 21.6 Å². The van der Waals surface area contributed by atoms with Crippen molar-refractivity contribution in [2.24, 2.45) is 0 Å². The van der Waals surface area contributed by atoms with Crippen molar-refractivity contribution in [3.63, 3.8) is 0 Å². The highest BCUT2D eigenvalue weighted by molar-refractivity contribution is 7.89. The zero-order valence-electron chi connectivity index (χ0n) is 13.2. The Balaban J connectivity index is 2.49. The van der Waals surface area contributed by atoms with Gasteiger partial charge in [-0.1, -0.05) is 11.6 Å². The average Bonchev–Trinajstić information content (AvgIpc) is 2.88. The summed E-state index contributed by atoms with van der Waals surface area (Å²) < 4.78 is 35.4. The van der Waals surface area contributed by atoms with E-state index in [0.717, 1.165) is 15.8 Å². The maximum Gasteiger partial charge on any atom is 0.246 e. The van der Waals surface area contributed by atoms with E-state index in [1.165, 1.54) is 20.2 Å². The lowest BCUT2D eigenvalue weighted by molar-refractivity contribution is 0.330. The minimum absolute atomic E-state index is 0.0356. The van der Waals surface area contributed by atoms with Crippen molar-refractivity contribution in [1.29, 1.82) is 5.26 Å². The molecule has 128 valence electrons. The van der Waals surface area contributed by atoms with E-state index >= 15 is 0 Å². The summed E-state index contributed by atoms with van der Waals surface area (Å²) in [5.41, 5.74) is 0.697. The minimum atomic E-state index is -3.69. The van der Waals surface area contributed by atoms with Crippen LogP contribution >= 0.6 is 23.1 Å². The van der Waals surface area contributed by atoms with Crippen LogP contribution in [0.15, 0.2) is 23.1 Å². The highest BCUT2D eigenvalue weighted by Gasteiger charge is 2.23. The van der Waals surface area contributed by atoms with Gasteiger partial charge in [-0.3, -0.25) is 0 Å². The molecule has 0 unspecified atom stereocenters. The molecular formula is C14H15ClN4O3S2. The fourth-order valence-corrected chi connectivity index (χ4v) is 3.85. The van der Waals surface area contributed by atoms with Gasteiger partial charge in [0.1, 0.15) is 27.3 Å². The van der Waals surface area contributed by atoms with Crippen molar-refractivity contribution in [1.82, 2.24) is 8.68 Å². The van der Waals surface area contributed by atoms with Crippen molar-refractivity contribution in [2.75, 3.05) is 26.0 Å². The summed E-state index contributed by atoms with van der Waals surface area (Å²) in [6.45, 7) is 2.11. The van der Waals surface area contributed by atoms with E-state index in [1.807, 2.05) is 6.07 Å². The Morgan fingerprint density at radius 2 is 2.17 bits per heavy atom. The molecule has 10 heteroatoms. The molecule has 1 aromatic heterocycles. The van der Waals surface area contributed by atoms with Gasteiger partial charge in [0.2, 0.25) is 10.0 Å². The van der Waals surface area contributed by atoms with Crippen LogP contribution in [0.3, 0.4) is 0 Å². The second-order valence-electron chi connectivity index (χ2n) is 4.80. The van der Waals surface area contributed by atoms with Gasteiger partial charge < -0.3 is 10.1 Å². The predicted molar refractivity (Wildman–Crippen MR) is 93.6 cm³/mol. The second-order valence-corrected chi connectivity index (χ2v) is 8.05. The maximum atomic E-state index is 12.5. The van der Waals surface area contributed by atoms with Gasteiger partial charge in [0.15, 0.2) is 5.15 Å². The Labute approximate surface area is 149 Å². The van der Waals surface area contributed by atoms with Crippen LogP contribution in [0, 0.1) is 11.3 Å². The number of nitrogens with zero attached hydrogens (tertiary/aromatic N) is 3. The Kier molecular flexibility index (Phi) is 5.66. The first-order valence-corrected chi connectivity index (χ1v) is 9.42. The Bertz CT molecular complexity index is 888. The number of aromatic nitrogens is 1. The molecule has 0 amide bonds. The molecule has 0 saturated heterocycles. The predicted octanol–water partition coefficient (Wildman–Crippen LogP) is 3.06. The van der Waals surface area contributed by atoms with Gasteiger partial charge in [-0.05, 0) is 36.7 Å². The second kappa shape index (κ2) is 7.36. The quantitative estimate of drug-likeness (QED) is 0.819. The number of hydrogen-bond acceptors (Lipinski definition) is 7. The van der Waals surface area contributed by atoms with Crippen molar-refractivity contribution < 1.29 is 13.2 Å².